The fourth-order valence-corrected chi connectivity index (χ4v) is 3.46. The predicted molar refractivity (Wildman–Crippen MR) is 104 cm³/mol. The number of hydrogen-bond donors (Lipinski definition) is 3. The van der Waals surface area contributed by atoms with Crippen LogP contribution in [0.25, 0.3) is 11.3 Å². The van der Waals surface area contributed by atoms with Gasteiger partial charge in [0.15, 0.2) is 0 Å². The molecule has 10 heteroatoms. The molecule has 1 fully saturated rings. The summed E-state index contributed by atoms with van der Waals surface area (Å²) >= 11 is 0. The lowest BCUT2D eigenvalue weighted by Gasteiger charge is -2.30. The van der Waals surface area contributed by atoms with Crippen LogP contribution in [0.15, 0.2) is 24.3 Å². The van der Waals surface area contributed by atoms with Crippen LogP contribution in [0.4, 0.5) is 19.0 Å². The molecule has 1 aromatic heterocycles. The third kappa shape index (κ3) is 4.32. The lowest BCUT2D eigenvalue weighted by atomic mass is 9.99. The van der Waals surface area contributed by atoms with Gasteiger partial charge in [0.05, 0.1) is 16.8 Å². The van der Waals surface area contributed by atoms with Gasteiger partial charge in [-0.25, -0.2) is 4.98 Å². The van der Waals surface area contributed by atoms with E-state index in [4.69, 9.17) is 5.73 Å². The van der Waals surface area contributed by atoms with Gasteiger partial charge in [0.25, 0.3) is 5.91 Å². The summed E-state index contributed by atoms with van der Waals surface area (Å²) in [5.74, 6) is -1.16. The summed E-state index contributed by atoms with van der Waals surface area (Å²) in [6, 6.07) is 4.13. The van der Waals surface area contributed by atoms with Crippen molar-refractivity contribution in [1.82, 2.24) is 15.2 Å². The molecule has 1 aromatic carbocycles. The number of aryl methyl sites for hydroxylation is 1. The van der Waals surface area contributed by atoms with Crippen LogP contribution >= 0.6 is 0 Å². The van der Waals surface area contributed by atoms with Crippen LogP contribution in [-0.4, -0.2) is 46.4 Å². The molecule has 1 unspecified atom stereocenters. The van der Waals surface area contributed by atoms with E-state index in [1.807, 2.05) is 0 Å². The van der Waals surface area contributed by atoms with E-state index >= 15 is 0 Å². The number of halogens is 3. The molecule has 1 aliphatic rings. The van der Waals surface area contributed by atoms with Gasteiger partial charge in [0.1, 0.15) is 11.6 Å². The highest BCUT2D eigenvalue weighted by atomic mass is 19.4. The quantitative estimate of drug-likeness (QED) is 0.705. The highest BCUT2D eigenvalue weighted by Gasteiger charge is 2.32. The summed E-state index contributed by atoms with van der Waals surface area (Å²) in [5.41, 5.74) is 5.47. The fraction of sp³-hybridized carbons (Fsp3) is 0.350. The van der Waals surface area contributed by atoms with Crippen LogP contribution in [0, 0.1) is 6.92 Å². The van der Waals surface area contributed by atoms with Gasteiger partial charge in [-0.2, -0.15) is 13.2 Å². The number of hydrogen-bond acceptors (Lipinski definition) is 5. The molecule has 30 heavy (non-hydrogen) atoms. The van der Waals surface area contributed by atoms with Gasteiger partial charge >= 0.3 is 6.18 Å². The molecule has 0 radical (unpaired) electrons. The van der Waals surface area contributed by atoms with Crippen LogP contribution < -0.4 is 11.1 Å². The number of benzene rings is 1. The van der Waals surface area contributed by atoms with E-state index < -0.39 is 23.4 Å². The topological polar surface area (TPSA) is 109 Å². The Bertz CT molecular complexity index is 984. The largest absolute Gasteiger partial charge is 0.507 e. The van der Waals surface area contributed by atoms with Crippen molar-refractivity contribution < 1.29 is 27.9 Å². The second-order valence-corrected chi connectivity index (χ2v) is 7.30. The zero-order valence-corrected chi connectivity index (χ0v) is 16.4. The third-order valence-corrected chi connectivity index (χ3v) is 5.03. The normalized spacial score (nSPS) is 17.2. The highest BCUT2D eigenvalue weighted by molar-refractivity contribution is 5.99. The second-order valence-electron chi connectivity index (χ2n) is 7.30. The standard InChI is InChI=1S/C20H21F3N4O3/c1-10-7-11(20(21,22)23)8-15(28)17(10)14-5-4-13(18(24)26-14)19(30)25-12-3-6-16(29)27(2)9-12/h4-5,7-8,12,28H,3,6,9H2,1-2H3,(H2,24,26)(H,25,30). The summed E-state index contributed by atoms with van der Waals surface area (Å²) < 4.78 is 38.7. The number of nitrogens with two attached hydrogens (primary N) is 1. The van der Waals surface area contributed by atoms with Crippen LogP contribution in [0.1, 0.15) is 34.3 Å². The maximum Gasteiger partial charge on any atom is 0.416 e. The second kappa shape index (κ2) is 7.85. The van der Waals surface area contributed by atoms with Crippen molar-refractivity contribution in [3.63, 3.8) is 0 Å². The fourth-order valence-electron chi connectivity index (χ4n) is 3.46. The number of alkyl halides is 3. The number of nitrogens with one attached hydrogen (secondary N) is 1. The molecule has 160 valence electrons. The van der Waals surface area contributed by atoms with Gasteiger partial charge in [-0.3, -0.25) is 9.59 Å². The average Bonchev–Trinajstić information content (AvgIpc) is 2.63. The third-order valence-electron chi connectivity index (χ3n) is 5.03. The molecule has 1 atom stereocenters. The number of anilines is 1. The minimum Gasteiger partial charge on any atom is -0.507 e. The van der Waals surface area contributed by atoms with Gasteiger partial charge in [0, 0.05) is 31.6 Å². The molecule has 0 spiro atoms. The number of carbonyl (C=O) groups is 2. The van der Waals surface area contributed by atoms with Crippen molar-refractivity contribution in [3.05, 3.63) is 41.0 Å². The Morgan fingerprint density at radius 3 is 2.60 bits per heavy atom. The first-order chi connectivity index (χ1) is 14.0. The van der Waals surface area contributed by atoms with Crippen molar-refractivity contribution in [2.75, 3.05) is 19.3 Å². The lowest BCUT2D eigenvalue weighted by molar-refractivity contribution is -0.137. The predicted octanol–water partition coefficient (Wildman–Crippen LogP) is 2.71. The van der Waals surface area contributed by atoms with Crippen LogP contribution in [-0.2, 0) is 11.0 Å². The van der Waals surface area contributed by atoms with Gasteiger partial charge in [-0.15, -0.1) is 0 Å². The molecule has 2 amide bonds. The maximum absolute atomic E-state index is 12.9. The number of phenols is 1. The Kier molecular flexibility index (Phi) is 5.60. The zero-order chi connectivity index (χ0) is 22.2. The van der Waals surface area contributed by atoms with Gasteiger partial charge in [0.2, 0.25) is 5.91 Å². The monoisotopic (exact) mass is 422 g/mol. The number of aromatic hydroxyl groups is 1. The minimum absolute atomic E-state index is 0.0118. The SMILES string of the molecule is Cc1cc(C(F)(F)F)cc(O)c1-c1ccc(C(=O)NC2CCC(=O)N(C)C2)c(N)n1. The first kappa shape index (κ1) is 21.4. The Morgan fingerprint density at radius 1 is 1.33 bits per heavy atom. The number of pyridine rings is 1. The number of piperidine rings is 1. The van der Waals surface area contributed by atoms with Gasteiger partial charge in [-0.1, -0.05) is 0 Å². The number of nitrogens with zero attached hydrogens (tertiary/aromatic N) is 2. The van der Waals surface area contributed by atoms with E-state index in [2.05, 4.69) is 10.3 Å². The first-order valence-corrected chi connectivity index (χ1v) is 9.20. The number of aromatic nitrogens is 1. The van der Waals surface area contributed by atoms with E-state index in [1.165, 1.54) is 24.0 Å². The molecule has 1 aliphatic heterocycles. The molecular formula is C20H21F3N4O3. The van der Waals surface area contributed by atoms with Gasteiger partial charge < -0.3 is 21.1 Å². The van der Waals surface area contributed by atoms with E-state index in [0.29, 0.717) is 25.5 Å². The molecular weight excluding hydrogens is 401 g/mol. The number of likely N-dealkylation sites (N-methyl/N-ethyl adjacent to an activating group) is 1. The molecule has 3 rings (SSSR count). The molecule has 1 saturated heterocycles. The van der Waals surface area contributed by atoms with Crippen LogP contribution in [0.5, 0.6) is 5.75 Å². The minimum atomic E-state index is -4.59. The smallest absolute Gasteiger partial charge is 0.416 e. The summed E-state index contributed by atoms with van der Waals surface area (Å²) in [4.78, 5) is 29.7. The number of phenolic OH excluding ortho intramolecular Hbond substituents is 1. The van der Waals surface area contributed by atoms with E-state index in [-0.39, 0.29) is 40.2 Å². The Balaban J connectivity index is 1.84. The molecule has 2 heterocycles. The first-order valence-electron chi connectivity index (χ1n) is 9.20. The molecule has 0 bridgehead atoms. The number of amides is 2. The lowest BCUT2D eigenvalue weighted by Crippen LogP contribution is -2.48. The van der Waals surface area contributed by atoms with Gasteiger partial charge in [-0.05, 0) is 43.2 Å². The zero-order valence-electron chi connectivity index (χ0n) is 16.4. The van der Waals surface area contributed by atoms with Crippen molar-refractivity contribution in [2.45, 2.75) is 32.0 Å². The summed E-state index contributed by atoms with van der Waals surface area (Å²) in [6.07, 6.45) is -3.74. The number of rotatable bonds is 3. The van der Waals surface area contributed by atoms with Crippen molar-refractivity contribution in [1.29, 1.82) is 0 Å². The molecule has 7 nitrogen and oxygen atoms in total. The van der Waals surface area contributed by atoms with Crippen LogP contribution in [0.3, 0.4) is 0 Å². The summed E-state index contributed by atoms with van der Waals surface area (Å²) in [5, 5.41) is 12.9. The number of carbonyl (C=O) groups excluding carboxylic acids is 2. The molecule has 0 saturated carbocycles. The maximum atomic E-state index is 12.9. The Morgan fingerprint density at radius 2 is 2.03 bits per heavy atom. The number of likely N-dealkylation sites (tertiary alicyclic amines) is 1. The Hall–Kier alpha value is -3.30. The molecule has 0 aliphatic carbocycles. The Labute approximate surface area is 170 Å². The van der Waals surface area contributed by atoms with Crippen molar-refractivity contribution >= 4 is 17.6 Å². The highest BCUT2D eigenvalue weighted by Crippen LogP contribution is 2.38. The average molecular weight is 422 g/mol. The van der Waals surface area contributed by atoms with E-state index in [0.717, 1.165) is 6.07 Å². The van der Waals surface area contributed by atoms with Crippen LogP contribution in [0.2, 0.25) is 0 Å². The van der Waals surface area contributed by atoms with Crippen molar-refractivity contribution in [2.24, 2.45) is 0 Å². The summed E-state index contributed by atoms with van der Waals surface area (Å²) in [6.45, 7) is 1.80. The number of nitrogen functional groups attached to an aromatic ring is 1. The molecule has 2 aromatic rings. The van der Waals surface area contributed by atoms with Crippen molar-refractivity contribution in [3.8, 4) is 17.0 Å². The molecule has 4 N–H and O–H groups in total. The summed E-state index contributed by atoms with van der Waals surface area (Å²) in [7, 11) is 1.66. The van der Waals surface area contributed by atoms with E-state index in [9.17, 15) is 27.9 Å². The van der Waals surface area contributed by atoms with E-state index in [1.54, 1.807) is 7.05 Å².